The summed E-state index contributed by atoms with van der Waals surface area (Å²) in [6.07, 6.45) is 0. The zero-order chi connectivity index (χ0) is 13.1. The quantitative estimate of drug-likeness (QED) is 0.881. The van der Waals surface area contributed by atoms with E-state index in [1.54, 1.807) is 11.9 Å². The van der Waals surface area contributed by atoms with E-state index >= 15 is 0 Å². The van der Waals surface area contributed by atoms with Crippen LogP contribution >= 0.6 is 0 Å². The SMILES string of the molecule is CC(C#N)CN(C)C(=O)C1CNc2ccccc21. The van der Waals surface area contributed by atoms with Gasteiger partial charge in [0.05, 0.1) is 17.9 Å². The highest BCUT2D eigenvalue weighted by Gasteiger charge is 2.30. The third-order valence-corrected chi connectivity index (χ3v) is 3.28. The number of hydrogen-bond donors (Lipinski definition) is 1. The zero-order valence-corrected chi connectivity index (χ0v) is 10.7. The lowest BCUT2D eigenvalue weighted by molar-refractivity contribution is -0.131. The molecule has 1 aliphatic rings. The normalized spacial score (nSPS) is 18.4. The second-order valence-corrected chi connectivity index (χ2v) is 4.77. The standard InChI is InChI=1S/C14H17N3O/c1-10(7-15)9-17(2)14(18)12-8-16-13-6-4-3-5-11(12)13/h3-6,10,12,16H,8-9H2,1-2H3. The molecule has 2 atom stereocenters. The molecule has 4 nitrogen and oxygen atoms in total. The van der Waals surface area contributed by atoms with Crippen LogP contribution in [0.25, 0.3) is 0 Å². The van der Waals surface area contributed by atoms with Gasteiger partial charge in [-0.1, -0.05) is 18.2 Å². The average molecular weight is 243 g/mol. The largest absolute Gasteiger partial charge is 0.384 e. The molecule has 1 heterocycles. The fourth-order valence-corrected chi connectivity index (χ4v) is 2.31. The number of carbonyl (C=O) groups excluding carboxylic acids is 1. The van der Waals surface area contributed by atoms with Crippen LogP contribution in [-0.2, 0) is 4.79 Å². The number of nitriles is 1. The molecule has 0 spiro atoms. The number of nitrogens with zero attached hydrogens (tertiary/aromatic N) is 2. The van der Waals surface area contributed by atoms with E-state index in [4.69, 9.17) is 5.26 Å². The van der Waals surface area contributed by atoms with Crippen LogP contribution in [0.5, 0.6) is 0 Å². The number of para-hydroxylation sites is 1. The summed E-state index contributed by atoms with van der Waals surface area (Å²) < 4.78 is 0. The number of anilines is 1. The molecule has 0 fully saturated rings. The summed E-state index contributed by atoms with van der Waals surface area (Å²) in [5.41, 5.74) is 2.09. The molecule has 0 aromatic heterocycles. The molecule has 1 aromatic rings. The summed E-state index contributed by atoms with van der Waals surface area (Å²) in [4.78, 5) is 14.0. The van der Waals surface area contributed by atoms with Crippen LogP contribution in [0.4, 0.5) is 5.69 Å². The summed E-state index contributed by atoms with van der Waals surface area (Å²) >= 11 is 0. The Labute approximate surface area is 107 Å². The molecular weight excluding hydrogens is 226 g/mol. The van der Waals surface area contributed by atoms with Crippen molar-refractivity contribution in [1.82, 2.24) is 4.90 Å². The van der Waals surface area contributed by atoms with Crippen LogP contribution in [0.1, 0.15) is 18.4 Å². The van der Waals surface area contributed by atoms with Crippen LogP contribution in [0.15, 0.2) is 24.3 Å². The van der Waals surface area contributed by atoms with Gasteiger partial charge in [-0.25, -0.2) is 0 Å². The summed E-state index contributed by atoms with van der Waals surface area (Å²) in [5.74, 6) is -0.185. The van der Waals surface area contributed by atoms with Crippen molar-refractivity contribution in [1.29, 1.82) is 5.26 Å². The van der Waals surface area contributed by atoms with Gasteiger partial charge in [-0.3, -0.25) is 4.79 Å². The first-order chi connectivity index (χ1) is 8.63. The second kappa shape index (κ2) is 5.09. The van der Waals surface area contributed by atoms with Crippen molar-refractivity contribution in [2.75, 3.05) is 25.5 Å². The number of benzene rings is 1. The maximum Gasteiger partial charge on any atom is 0.231 e. The monoisotopic (exact) mass is 243 g/mol. The lowest BCUT2D eigenvalue weighted by atomic mass is 9.99. The molecule has 1 aliphatic heterocycles. The second-order valence-electron chi connectivity index (χ2n) is 4.77. The van der Waals surface area contributed by atoms with E-state index in [1.807, 2.05) is 31.2 Å². The Kier molecular flexibility index (Phi) is 3.52. The van der Waals surface area contributed by atoms with E-state index in [-0.39, 0.29) is 17.7 Å². The van der Waals surface area contributed by atoms with Gasteiger partial charge in [0.15, 0.2) is 0 Å². The average Bonchev–Trinajstić information content (AvgIpc) is 2.81. The van der Waals surface area contributed by atoms with Crippen molar-refractivity contribution >= 4 is 11.6 Å². The molecule has 94 valence electrons. The van der Waals surface area contributed by atoms with E-state index in [0.29, 0.717) is 13.1 Å². The van der Waals surface area contributed by atoms with Crippen LogP contribution in [0, 0.1) is 17.2 Å². The van der Waals surface area contributed by atoms with Gasteiger partial charge in [-0.15, -0.1) is 0 Å². The first-order valence-corrected chi connectivity index (χ1v) is 6.11. The topological polar surface area (TPSA) is 56.1 Å². The molecule has 0 saturated heterocycles. The highest BCUT2D eigenvalue weighted by Crippen LogP contribution is 2.32. The molecule has 2 rings (SSSR count). The molecule has 0 radical (unpaired) electrons. The molecular formula is C14H17N3O. The minimum atomic E-state index is -0.136. The minimum absolute atomic E-state index is 0.0783. The molecule has 1 N–H and O–H groups in total. The Balaban J connectivity index is 2.10. The van der Waals surface area contributed by atoms with Crippen molar-refractivity contribution < 1.29 is 4.79 Å². The van der Waals surface area contributed by atoms with Crippen molar-refractivity contribution in [3.05, 3.63) is 29.8 Å². The number of fused-ring (bicyclic) bond motifs is 1. The van der Waals surface area contributed by atoms with Gasteiger partial charge in [0.1, 0.15) is 0 Å². The van der Waals surface area contributed by atoms with Gasteiger partial charge in [-0.05, 0) is 18.6 Å². The summed E-state index contributed by atoms with van der Waals surface area (Å²) in [6.45, 7) is 2.95. The third kappa shape index (κ3) is 2.30. The van der Waals surface area contributed by atoms with Crippen molar-refractivity contribution in [3.63, 3.8) is 0 Å². The van der Waals surface area contributed by atoms with Crippen LogP contribution in [-0.4, -0.2) is 30.9 Å². The molecule has 1 amide bonds. The van der Waals surface area contributed by atoms with E-state index < -0.39 is 0 Å². The van der Waals surface area contributed by atoms with Crippen molar-refractivity contribution in [2.24, 2.45) is 5.92 Å². The maximum absolute atomic E-state index is 12.3. The Morgan fingerprint density at radius 2 is 2.33 bits per heavy atom. The summed E-state index contributed by atoms with van der Waals surface area (Å²) in [6, 6.07) is 10.0. The van der Waals surface area contributed by atoms with Crippen molar-refractivity contribution in [2.45, 2.75) is 12.8 Å². The molecule has 18 heavy (non-hydrogen) atoms. The van der Waals surface area contributed by atoms with E-state index in [1.165, 1.54) is 0 Å². The fraction of sp³-hybridized carbons (Fsp3) is 0.429. The van der Waals surface area contributed by atoms with E-state index in [9.17, 15) is 4.79 Å². The third-order valence-electron chi connectivity index (χ3n) is 3.28. The predicted octanol–water partition coefficient (Wildman–Crippen LogP) is 1.81. The molecule has 0 bridgehead atoms. The van der Waals surface area contributed by atoms with Gasteiger partial charge in [0.25, 0.3) is 0 Å². The number of nitrogens with one attached hydrogen (secondary N) is 1. The van der Waals surface area contributed by atoms with Gasteiger partial charge in [0.2, 0.25) is 5.91 Å². The van der Waals surface area contributed by atoms with Gasteiger partial charge < -0.3 is 10.2 Å². The molecule has 2 unspecified atom stereocenters. The van der Waals surface area contributed by atoms with Crippen LogP contribution in [0.3, 0.4) is 0 Å². The smallest absolute Gasteiger partial charge is 0.231 e. The Hall–Kier alpha value is -2.02. The van der Waals surface area contributed by atoms with Gasteiger partial charge in [0, 0.05) is 25.8 Å². The Bertz CT molecular complexity index is 492. The lowest BCUT2D eigenvalue weighted by Gasteiger charge is -2.22. The van der Waals surface area contributed by atoms with Gasteiger partial charge >= 0.3 is 0 Å². The Morgan fingerprint density at radius 1 is 1.61 bits per heavy atom. The number of rotatable bonds is 3. The fourth-order valence-electron chi connectivity index (χ4n) is 2.31. The van der Waals surface area contributed by atoms with Crippen molar-refractivity contribution in [3.8, 4) is 6.07 Å². The maximum atomic E-state index is 12.3. The predicted molar refractivity (Wildman–Crippen MR) is 70.1 cm³/mol. The van der Waals surface area contributed by atoms with Gasteiger partial charge in [-0.2, -0.15) is 5.26 Å². The summed E-state index contributed by atoms with van der Waals surface area (Å²) in [7, 11) is 1.76. The highest BCUT2D eigenvalue weighted by molar-refractivity contribution is 5.88. The zero-order valence-electron chi connectivity index (χ0n) is 10.7. The molecule has 0 saturated carbocycles. The first kappa shape index (κ1) is 12.4. The number of carbonyl (C=O) groups is 1. The van der Waals surface area contributed by atoms with E-state index in [2.05, 4.69) is 11.4 Å². The number of amides is 1. The van der Waals surface area contributed by atoms with Crippen LogP contribution in [0.2, 0.25) is 0 Å². The number of likely N-dealkylation sites (N-methyl/N-ethyl adjacent to an activating group) is 1. The van der Waals surface area contributed by atoms with E-state index in [0.717, 1.165) is 11.3 Å². The lowest BCUT2D eigenvalue weighted by Crippen LogP contribution is -2.35. The minimum Gasteiger partial charge on any atom is -0.384 e. The molecule has 1 aromatic carbocycles. The number of hydrogen-bond acceptors (Lipinski definition) is 3. The summed E-state index contributed by atoms with van der Waals surface area (Å²) in [5, 5.41) is 12.0. The van der Waals surface area contributed by atoms with Crippen LogP contribution < -0.4 is 5.32 Å². The molecule has 0 aliphatic carbocycles. The Morgan fingerprint density at radius 3 is 3.06 bits per heavy atom. The molecule has 4 heteroatoms. The highest BCUT2D eigenvalue weighted by atomic mass is 16.2. The first-order valence-electron chi connectivity index (χ1n) is 6.11.